The standard InChI is InChI=1S/C22H22F3N5O3S/c1-34(31,32)30-21-15(23)11-17(19(24)20(21)25)33-22-14(5-3-8-28-22)16-6-9-27-18(29-16)10-13-4-2-7-26-12-13/h3,5-6,8-9,11,13,26,30H,2,4,7,10,12H2,1H3. The van der Waals surface area contributed by atoms with Gasteiger partial charge in [-0.3, -0.25) is 4.72 Å². The van der Waals surface area contributed by atoms with E-state index in [9.17, 15) is 21.6 Å². The van der Waals surface area contributed by atoms with E-state index in [1.807, 2.05) is 0 Å². The topological polar surface area (TPSA) is 106 Å². The molecule has 2 N–H and O–H groups in total. The van der Waals surface area contributed by atoms with Crippen molar-refractivity contribution in [2.45, 2.75) is 19.3 Å². The number of sulfonamides is 1. The molecule has 1 atom stereocenters. The number of nitrogens with zero attached hydrogens (tertiary/aromatic N) is 3. The maximum atomic E-state index is 14.6. The molecular weight excluding hydrogens is 471 g/mol. The lowest BCUT2D eigenvalue weighted by Crippen LogP contribution is -2.31. The number of halogens is 3. The normalized spacial score (nSPS) is 16.3. The van der Waals surface area contributed by atoms with Crippen LogP contribution in [0.3, 0.4) is 0 Å². The van der Waals surface area contributed by atoms with Crippen molar-refractivity contribution in [3.8, 4) is 22.9 Å². The fourth-order valence-corrected chi connectivity index (χ4v) is 4.26. The predicted octanol–water partition coefficient (Wildman–Crippen LogP) is 3.66. The molecule has 0 saturated carbocycles. The van der Waals surface area contributed by atoms with Crippen molar-refractivity contribution in [2.24, 2.45) is 5.92 Å². The summed E-state index contributed by atoms with van der Waals surface area (Å²) in [4.78, 5) is 13.0. The summed E-state index contributed by atoms with van der Waals surface area (Å²) in [5.41, 5.74) is -0.314. The average molecular weight is 494 g/mol. The lowest BCUT2D eigenvalue weighted by atomic mass is 9.96. The van der Waals surface area contributed by atoms with Crippen LogP contribution < -0.4 is 14.8 Å². The van der Waals surface area contributed by atoms with E-state index in [0.29, 0.717) is 41.7 Å². The number of rotatable bonds is 7. The second-order valence-electron chi connectivity index (χ2n) is 7.97. The molecule has 3 aromatic rings. The van der Waals surface area contributed by atoms with Gasteiger partial charge in [0.2, 0.25) is 21.7 Å². The summed E-state index contributed by atoms with van der Waals surface area (Å²) in [6.45, 7) is 1.88. The Morgan fingerprint density at radius 2 is 2.00 bits per heavy atom. The summed E-state index contributed by atoms with van der Waals surface area (Å²) in [6.07, 6.45) is 6.49. The number of hydrogen-bond donors (Lipinski definition) is 2. The first kappa shape index (κ1) is 23.9. The smallest absolute Gasteiger partial charge is 0.230 e. The quantitative estimate of drug-likeness (QED) is 0.484. The van der Waals surface area contributed by atoms with Gasteiger partial charge in [0.25, 0.3) is 0 Å². The highest BCUT2D eigenvalue weighted by Gasteiger charge is 2.24. The molecule has 34 heavy (non-hydrogen) atoms. The lowest BCUT2D eigenvalue weighted by Gasteiger charge is -2.22. The van der Waals surface area contributed by atoms with Crippen LogP contribution in [0.5, 0.6) is 11.6 Å². The van der Waals surface area contributed by atoms with Gasteiger partial charge >= 0.3 is 0 Å². The summed E-state index contributed by atoms with van der Waals surface area (Å²) < 4.78 is 73.0. The van der Waals surface area contributed by atoms with Gasteiger partial charge in [0, 0.05) is 24.9 Å². The molecule has 1 saturated heterocycles. The first-order valence-corrected chi connectivity index (χ1v) is 12.4. The van der Waals surface area contributed by atoms with Crippen molar-refractivity contribution in [1.29, 1.82) is 0 Å². The van der Waals surface area contributed by atoms with Gasteiger partial charge < -0.3 is 10.1 Å². The van der Waals surface area contributed by atoms with Gasteiger partial charge in [-0.25, -0.2) is 32.2 Å². The molecule has 1 aliphatic heterocycles. The van der Waals surface area contributed by atoms with Crippen LogP contribution in [0.1, 0.15) is 18.7 Å². The van der Waals surface area contributed by atoms with Gasteiger partial charge in [0.15, 0.2) is 17.4 Å². The molecule has 2 aromatic heterocycles. The fourth-order valence-electron chi connectivity index (χ4n) is 3.70. The Kier molecular flexibility index (Phi) is 6.98. The van der Waals surface area contributed by atoms with Crippen molar-refractivity contribution in [2.75, 3.05) is 24.1 Å². The zero-order valence-electron chi connectivity index (χ0n) is 18.2. The summed E-state index contributed by atoms with van der Waals surface area (Å²) in [5, 5.41) is 3.35. The number of aromatic nitrogens is 3. The van der Waals surface area contributed by atoms with Crippen LogP contribution in [-0.4, -0.2) is 42.7 Å². The van der Waals surface area contributed by atoms with E-state index in [2.05, 4.69) is 20.3 Å². The van der Waals surface area contributed by atoms with Crippen LogP contribution >= 0.6 is 0 Å². The predicted molar refractivity (Wildman–Crippen MR) is 119 cm³/mol. The van der Waals surface area contributed by atoms with Gasteiger partial charge in [0.1, 0.15) is 11.5 Å². The molecular formula is C22H22F3N5O3S. The van der Waals surface area contributed by atoms with Gasteiger partial charge in [-0.15, -0.1) is 0 Å². The molecule has 0 bridgehead atoms. The Morgan fingerprint density at radius 3 is 2.74 bits per heavy atom. The monoisotopic (exact) mass is 493 g/mol. The number of hydrogen-bond acceptors (Lipinski definition) is 7. The Morgan fingerprint density at radius 1 is 1.18 bits per heavy atom. The third kappa shape index (κ3) is 5.62. The zero-order chi connectivity index (χ0) is 24.3. The highest BCUT2D eigenvalue weighted by Crippen LogP contribution is 2.35. The largest absolute Gasteiger partial charge is 0.435 e. The summed E-state index contributed by atoms with van der Waals surface area (Å²) in [7, 11) is -4.04. The number of anilines is 1. The summed E-state index contributed by atoms with van der Waals surface area (Å²) >= 11 is 0. The molecule has 0 amide bonds. The molecule has 3 heterocycles. The van der Waals surface area contributed by atoms with Gasteiger partial charge in [0.05, 0.1) is 17.5 Å². The van der Waals surface area contributed by atoms with Gasteiger partial charge in [-0.2, -0.15) is 4.39 Å². The van der Waals surface area contributed by atoms with Gasteiger partial charge in [-0.1, -0.05) is 0 Å². The van der Waals surface area contributed by atoms with E-state index in [1.54, 1.807) is 29.1 Å². The van der Waals surface area contributed by atoms with Gasteiger partial charge in [-0.05, 0) is 50.0 Å². The molecule has 1 aliphatic rings. The molecule has 1 aromatic carbocycles. The molecule has 1 unspecified atom stereocenters. The average Bonchev–Trinajstić information content (AvgIpc) is 2.81. The molecule has 0 aliphatic carbocycles. The molecule has 0 radical (unpaired) electrons. The minimum Gasteiger partial charge on any atom is -0.435 e. The van der Waals surface area contributed by atoms with E-state index in [1.165, 1.54) is 6.20 Å². The van der Waals surface area contributed by atoms with E-state index in [4.69, 9.17) is 4.74 Å². The highest BCUT2D eigenvalue weighted by atomic mass is 32.2. The third-order valence-electron chi connectivity index (χ3n) is 5.24. The Bertz CT molecular complexity index is 1300. The third-order valence-corrected chi connectivity index (χ3v) is 5.82. The molecule has 4 rings (SSSR count). The number of benzene rings is 1. The van der Waals surface area contributed by atoms with Crippen LogP contribution in [0, 0.1) is 23.4 Å². The zero-order valence-corrected chi connectivity index (χ0v) is 19.0. The van der Waals surface area contributed by atoms with Crippen molar-refractivity contribution in [3.05, 3.63) is 59.9 Å². The van der Waals surface area contributed by atoms with E-state index in [0.717, 1.165) is 25.9 Å². The lowest BCUT2D eigenvalue weighted by molar-refractivity contribution is 0.370. The van der Waals surface area contributed by atoms with Crippen molar-refractivity contribution < 1.29 is 26.3 Å². The number of piperidine rings is 1. The Hall–Kier alpha value is -3.25. The second kappa shape index (κ2) is 9.94. The van der Waals surface area contributed by atoms with Crippen LogP contribution in [0.2, 0.25) is 0 Å². The first-order valence-electron chi connectivity index (χ1n) is 10.5. The molecule has 1 fully saturated rings. The summed E-state index contributed by atoms with van der Waals surface area (Å²) in [6, 6.07) is 5.42. The first-order chi connectivity index (χ1) is 16.2. The maximum absolute atomic E-state index is 14.6. The van der Waals surface area contributed by atoms with Crippen molar-refractivity contribution >= 4 is 15.7 Å². The highest BCUT2D eigenvalue weighted by molar-refractivity contribution is 7.92. The second-order valence-corrected chi connectivity index (χ2v) is 9.71. The van der Waals surface area contributed by atoms with Crippen molar-refractivity contribution in [1.82, 2.24) is 20.3 Å². The fraction of sp³-hybridized carbons (Fsp3) is 0.318. The van der Waals surface area contributed by atoms with E-state index >= 15 is 0 Å². The summed E-state index contributed by atoms with van der Waals surface area (Å²) in [5.74, 6) is -4.54. The minimum atomic E-state index is -4.04. The SMILES string of the molecule is CS(=O)(=O)Nc1c(F)cc(Oc2ncccc2-c2ccnc(CC3CCCNC3)n2)c(F)c1F. The van der Waals surface area contributed by atoms with E-state index < -0.39 is 38.9 Å². The maximum Gasteiger partial charge on any atom is 0.230 e. The number of pyridine rings is 1. The molecule has 180 valence electrons. The Labute approximate surface area is 194 Å². The number of nitrogens with one attached hydrogen (secondary N) is 2. The number of ether oxygens (including phenoxy) is 1. The van der Waals surface area contributed by atoms with Crippen molar-refractivity contribution in [3.63, 3.8) is 0 Å². The van der Waals surface area contributed by atoms with Crippen LogP contribution in [-0.2, 0) is 16.4 Å². The molecule has 0 spiro atoms. The minimum absolute atomic E-state index is 0.131. The molecule has 12 heteroatoms. The molecule has 8 nitrogen and oxygen atoms in total. The van der Waals surface area contributed by atoms with E-state index in [-0.39, 0.29) is 5.88 Å². The van der Waals surface area contributed by atoms with Crippen LogP contribution in [0.15, 0.2) is 36.7 Å². The van der Waals surface area contributed by atoms with Crippen LogP contribution in [0.4, 0.5) is 18.9 Å². The van der Waals surface area contributed by atoms with Crippen LogP contribution in [0.25, 0.3) is 11.3 Å². The Balaban J connectivity index is 1.63.